The predicted molar refractivity (Wildman–Crippen MR) is 105 cm³/mol. The summed E-state index contributed by atoms with van der Waals surface area (Å²) in [6.45, 7) is 0.697. The number of benzene rings is 2. The van der Waals surface area contributed by atoms with Gasteiger partial charge in [-0.3, -0.25) is 9.59 Å². The molecule has 8 heteroatoms. The molecule has 2 aromatic carbocycles. The normalized spacial score (nSPS) is 12.3. The molecule has 2 heterocycles. The molecule has 0 fully saturated rings. The Balaban J connectivity index is 1.61. The van der Waals surface area contributed by atoms with Crippen LogP contribution in [0.25, 0.3) is 10.9 Å². The number of fused-ring (bicyclic) bond motifs is 2. The number of hydrogen-bond donors (Lipinski definition) is 1. The molecule has 1 aromatic heterocycles. The lowest BCUT2D eigenvalue weighted by Crippen LogP contribution is -2.31. The number of halogens is 1. The molecular formula is C20H18ClN3O4. The second-order valence-electron chi connectivity index (χ2n) is 6.41. The first-order valence-corrected chi connectivity index (χ1v) is 9.37. The average Bonchev–Trinajstić information content (AvgIpc) is 3.15. The van der Waals surface area contributed by atoms with Gasteiger partial charge in [0.25, 0.3) is 5.56 Å². The van der Waals surface area contributed by atoms with Crippen LogP contribution in [-0.4, -0.2) is 33.4 Å². The van der Waals surface area contributed by atoms with Gasteiger partial charge in [-0.1, -0.05) is 18.2 Å². The average molecular weight is 400 g/mol. The van der Waals surface area contributed by atoms with E-state index in [4.69, 9.17) is 21.1 Å². The lowest BCUT2D eigenvalue weighted by atomic mass is 10.1. The number of rotatable bonds is 6. The number of hydrogen-bond acceptors (Lipinski definition) is 5. The SMILES string of the molecule is O=C(CCCl)N(Cc1ccc2c(c1)OCO2)Cc1nc2ccccc2c(=O)[nH]1. The predicted octanol–water partition coefficient (Wildman–Crippen LogP) is 2.81. The Morgan fingerprint density at radius 3 is 2.82 bits per heavy atom. The first-order valence-electron chi connectivity index (χ1n) is 8.84. The number of aromatic nitrogens is 2. The minimum absolute atomic E-state index is 0.122. The maximum atomic E-state index is 12.6. The topological polar surface area (TPSA) is 84.5 Å². The molecular weight excluding hydrogens is 382 g/mol. The van der Waals surface area contributed by atoms with Crippen LogP contribution in [0.4, 0.5) is 0 Å². The van der Waals surface area contributed by atoms with Crippen molar-refractivity contribution in [2.45, 2.75) is 19.5 Å². The molecule has 1 N–H and O–H groups in total. The van der Waals surface area contributed by atoms with Crippen LogP contribution in [0.3, 0.4) is 0 Å². The van der Waals surface area contributed by atoms with Crippen molar-refractivity contribution in [1.82, 2.24) is 14.9 Å². The molecule has 0 saturated heterocycles. The van der Waals surface area contributed by atoms with Crippen LogP contribution in [0, 0.1) is 0 Å². The van der Waals surface area contributed by atoms with Crippen molar-refractivity contribution >= 4 is 28.4 Å². The third-order valence-corrected chi connectivity index (χ3v) is 4.66. The smallest absolute Gasteiger partial charge is 0.258 e. The molecule has 0 aliphatic carbocycles. The second-order valence-corrected chi connectivity index (χ2v) is 6.78. The molecule has 0 radical (unpaired) electrons. The molecule has 7 nitrogen and oxygen atoms in total. The molecule has 1 amide bonds. The number of H-pyrrole nitrogens is 1. The Hall–Kier alpha value is -3.06. The number of ether oxygens (including phenoxy) is 2. The van der Waals surface area contributed by atoms with Crippen molar-refractivity contribution in [3.8, 4) is 11.5 Å². The van der Waals surface area contributed by atoms with Crippen molar-refractivity contribution in [2.75, 3.05) is 12.7 Å². The van der Waals surface area contributed by atoms with Crippen molar-refractivity contribution in [3.05, 3.63) is 64.2 Å². The van der Waals surface area contributed by atoms with Crippen LogP contribution >= 0.6 is 11.6 Å². The summed E-state index contributed by atoms with van der Waals surface area (Å²) < 4.78 is 10.7. The van der Waals surface area contributed by atoms with Crippen LogP contribution in [0.1, 0.15) is 17.8 Å². The summed E-state index contributed by atoms with van der Waals surface area (Å²) in [5.41, 5.74) is 1.25. The molecule has 0 atom stereocenters. The van der Waals surface area contributed by atoms with Crippen molar-refractivity contribution in [3.63, 3.8) is 0 Å². The number of nitrogens with zero attached hydrogens (tertiary/aromatic N) is 2. The van der Waals surface area contributed by atoms with E-state index in [2.05, 4.69) is 9.97 Å². The van der Waals surface area contributed by atoms with Gasteiger partial charge in [0.15, 0.2) is 11.5 Å². The van der Waals surface area contributed by atoms with E-state index in [0.29, 0.717) is 34.8 Å². The third kappa shape index (κ3) is 3.80. The first-order chi connectivity index (χ1) is 13.6. The van der Waals surface area contributed by atoms with E-state index in [1.54, 1.807) is 23.1 Å². The van der Waals surface area contributed by atoms with E-state index in [1.807, 2.05) is 24.3 Å². The first kappa shape index (κ1) is 18.3. The number of aromatic amines is 1. The molecule has 1 aliphatic heterocycles. The van der Waals surface area contributed by atoms with Gasteiger partial charge in [-0.2, -0.15) is 0 Å². The molecule has 144 valence electrons. The van der Waals surface area contributed by atoms with E-state index in [9.17, 15) is 9.59 Å². The van der Waals surface area contributed by atoms with E-state index in [-0.39, 0.29) is 37.1 Å². The fourth-order valence-electron chi connectivity index (χ4n) is 3.12. The Bertz CT molecular complexity index is 1080. The third-order valence-electron chi connectivity index (χ3n) is 4.47. The molecule has 3 aromatic rings. The number of carbonyl (C=O) groups excluding carboxylic acids is 1. The van der Waals surface area contributed by atoms with Gasteiger partial charge in [0.05, 0.1) is 17.4 Å². The molecule has 28 heavy (non-hydrogen) atoms. The lowest BCUT2D eigenvalue weighted by molar-refractivity contribution is -0.132. The zero-order valence-corrected chi connectivity index (χ0v) is 15.7. The van der Waals surface area contributed by atoms with Crippen LogP contribution in [0.5, 0.6) is 11.5 Å². The van der Waals surface area contributed by atoms with Crippen LogP contribution < -0.4 is 15.0 Å². The maximum Gasteiger partial charge on any atom is 0.258 e. The summed E-state index contributed by atoms with van der Waals surface area (Å²) in [6.07, 6.45) is 0.198. The van der Waals surface area contributed by atoms with Gasteiger partial charge >= 0.3 is 0 Å². The summed E-state index contributed by atoms with van der Waals surface area (Å²) in [7, 11) is 0. The quantitative estimate of drug-likeness (QED) is 0.644. The largest absolute Gasteiger partial charge is 0.454 e. The Labute approximate surface area is 165 Å². The number of nitrogens with one attached hydrogen (secondary N) is 1. The van der Waals surface area contributed by atoms with Crippen LogP contribution in [0.15, 0.2) is 47.3 Å². The molecule has 0 spiro atoms. The van der Waals surface area contributed by atoms with Gasteiger partial charge < -0.3 is 19.4 Å². The van der Waals surface area contributed by atoms with Gasteiger partial charge in [0.2, 0.25) is 12.7 Å². The molecule has 0 unspecified atom stereocenters. The number of carbonyl (C=O) groups is 1. The highest BCUT2D eigenvalue weighted by Gasteiger charge is 2.19. The zero-order chi connectivity index (χ0) is 19.5. The molecule has 4 rings (SSSR count). The second kappa shape index (κ2) is 7.90. The van der Waals surface area contributed by atoms with Crippen molar-refractivity contribution < 1.29 is 14.3 Å². The lowest BCUT2D eigenvalue weighted by Gasteiger charge is -2.22. The number of amides is 1. The fraction of sp³-hybridized carbons (Fsp3) is 0.250. The van der Waals surface area contributed by atoms with Gasteiger partial charge in [-0.05, 0) is 29.8 Å². The Kier molecular flexibility index (Phi) is 5.16. The fourth-order valence-corrected chi connectivity index (χ4v) is 3.28. The zero-order valence-electron chi connectivity index (χ0n) is 15.0. The van der Waals surface area contributed by atoms with Crippen LogP contribution in [0.2, 0.25) is 0 Å². The van der Waals surface area contributed by atoms with Crippen LogP contribution in [-0.2, 0) is 17.9 Å². The van der Waals surface area contributed by atoms with Crippen molar-refractivity contribution in [2.24, 2.45) is 0 Å². The molecule has 0 bridgehead atoms. The van der Waals surface area contributed by atoms with Crippen molar-refractivity contribution in [1.29, 1.82) is 0 Å². The molecule has 1 aliphatic rings. The minimum Gasteiger partial charge on any atom is -0.454 e. The summed E-state index contributed by atoms with van der Waals surface area (Å²) in [4.78, 5) is 33.8. The van der Waals surface area contributed by atoms with Gasteiger partial charge in [-0.15, -0.1) is 11.6 Å². The number of para-hydroxylation sites is 1. The van der Waals surface area contributed by atoms with E-state index < -0.39 is 0 Å². The summed E-state index contributed by atoms with van der Waals surface area (Å²) in [5.74, 6) is 1.86. The highest BCUT2D eigenvalue weighted by Crippen LogP contribution is 2.33. The molecule has 0 saturated carbocycles. The van der Waals surface area contributed by atoms with Gasteiger partial charge in [0, 0.05) is 18.8 Å². The highest BCUT2D eigenvalue weighted by molar-refractivity contribution is 6.18. The van der Waals surface area contributed by atoms with Gasteiger partial charge in [-0.25, -0.2) is 4.98 Å². The minimum atomic E-state index is -0.228. The maximum absolute atomic E-state index is 12.6. The van der Waals surface area contributed by atoms with E-state index in [1.165, 1.54) is 0 Å². The monoisotopic (exact) mass is 399 g/mol. The summed E-state index contributed by atoms with van der Waals surface area (Å²) >= 11 is 5.77. The highest BCUT2D eigenvalue weighted by atomic mass is 35.5. The standard InChI is InChI=1S/C20H18ClN3O4/c21-8-7-19(25)24(10-13-5-6-16-17(9-13)28-12-27-16)11-18-22-15-4-2-1-3-14(15)20(26)23-18/h1-6,9H,7-8,10-12H2,(H,22,23,26). The summed E-state index contributed by atoms with van der Waals surface area (Å²) in [6, 6.07) is 12.6. The van der Waals surface area contributed by atoms with E-state index >= 15 is 0 Å². The Morgan fingerprint density at radius 2 is 1.96 bits per heavy atom. The van der Waals surface area contributed by atoms with Gasteiger partial charge in [0.1, 0.15) is 5.82 Å². The Morgan fingerprint density at radius 1 is 1.14 bits per heavy atom. The van der Waals surface area contributed by atoms with E-state index in [0.717, 1.165) is 5.56 Å². The number of alkyl halides is 1. The summed E-state index contributed by atoms with van der Waals surface area (Å²) in [5, 5.41) is 0.514.